The molecule has 0 spiro atoms. The Labute approximate surface area is 155 Å². The predicted molar refractivity (Wildman–Crippen MR) is 102 cm³/mol. The molecule has 1 fully saturated rings. The minimum absolute atomic E-state index is 0.152. The number of carbonyl (C=O) groups excluding carboxylic acids is 1. The number of benzene rings is 2. The number of sulfonamides is 1. The summed E-state index contributed by atoms with van der Waals surface area (Å²) in [6.45, 7) is 5.90. The van der Waals surface area contributed by atoms with Crippen LogP contribution in [-0.4, -0.2) is 25.2 Å². The lowest BCUT2D eigenvalue weighted by molar-refractivity contribution is -0.135. The lowest BCUT2D eigenvalue weighted by Crippen LogP contribution is -2.53. The summed E-state index contributed by atoms with van der Waals surface area (Å²) in [6.07, 6.45) is 3.35. The van der Waals surface area contributed by atoms with E-state index in [0.717, 1.165) is 15.4 Å². The van der Waals surface area contributed by atoms with Gasteiger partial charge in [0.2, 0.25) is 5.91 Å². The van der Waals surface area contributed by atoms with Crippen LogP contribution in [0, 0.1) is 6.92 Å². The van der Waals surface area contributed by atoms with E-state index in [4.69, 9.17) is 0 Å². The van der Waals surface area contributed by atoms with Gasteiger partial charge in [0.1, 0.15) is 0 Å². The van der Waals surface area contributed by atoms with Gasteiger partial charge < -0.3 is 0 Å². The second kappa shape index (κ2) is 7.08. The maximum absolute atomic E-state index is 13.4. The van der Waals surface area contributed by atoms with Crippen LogP contribution in [0.4, 0.5) is 0 Å². The number of amides is 1. The van der Waals surface area contributed by atoms with Crippen molar-refractivity contribution >= 4 is 15.9 Å². The van der Waals surface area contributed by atoms with Gasteiger partial charge in [-0.15, -0.1) is 6.58 Å². The average molecular weight is 369 g/mol. The van der Waals surface area contributed by atoms with Crippen LogP contribution in [0.25, 0.3) is 0 Å². The van der Waals surface area contributed by atoms with Crippen molar-refractivity contribution in [2.75, 3.05) is 6.54 Å². The molecular weight excluding hydrogens is 346 g/mol. The van der Waals surface area contributed by atoms with E-state index in [-0.39, 0.29) is 17.3 Å². The molecule has 1 unspecified atom stereocenters. The molecule has 1 amide bonds. The molecule has 1 heterocycles. The van der Waals surface area contributed by atoms with Gasteiger partial charge in [0, 0.05) is 6.54 Å². The standard InChI is InChI=1S/C21H23NO3S/c1-3-14-21(18-8-5-4-6-9-18)15-7-16-22(20(21)23)26(24,25)19-12-10-17(2)11-13-19/h3-6,8-13H,1,7,14-16H2,2H3. The normalized spacial score (nSPS) is 20.8. The maximum atomic E-state index is 13.4. The van der Waals surface area contributed by atoms with Crippen LogP contribution in [0.5, 0.6) is 0 Å². The summed E-state index contributed by atoms with van der Waals surface area (Å²) in [6, 6.07) is 16.0. The second-order valence-electron chi connectivity index (χ2n) is 6.74. The number of aryl methyl sites for hydroxylation is 1. The molecule has 2 aromatic carbocycles. The van der Waals surface area contributed by atoms with Crippen molar-refractivity contribution in [2.45, 2.75) is 36.5 Å². The van der Waals surface area contributed by atoms with Crippen molar-refractivity contribution in [1.82, 2.24) is 4.31 Å². The molecule has 26 heavy (non-hydrogen) atoms. The van der Waals surface area contributed by atoms with E-state index in [0.29, 0.717) is 19.3 Å². The number of hydrogen-bond donors (Lipinski definition) is 0. The molecule has 0 saturated carbocycles. The third-order valence-corrected chi connectivity index (χ3v) is 6.83. The van der Waals surface area contributed by atoms with Crippen LogP contribution in [0.1, 0.15) is 30.4 Å². The first-order valence-electron chi connectivity index (χ1n) is 8.72. The first kappa shape index (κ1) is 18.4. The van der Waals surface area contributed by atoms with Gasteiger partial charge >= 0.3 is 0 Å². The van der Waals surface area contributed by atoms with Crippen LogP contribution >= 0.6 is 0 Å². The third kappa shape index (κ3) is 3.07. The highest BCUT2D eigenvalue weighted by Gasteiger charge is 2.48. The Kier molecular flexibility index (Phi) is 5.01. The van der Waals surface area contributed by atoms with Crippen LogP contribution in [0.2, 0.25) is 0 Å². The monoisotopic (exact) mass is 369 g/mol. The number of nitrogens with zero attached hydrogens (tertiary/aromatic N) is 1. The number of hydrogen-bond acceptors (Lipinski definition) is 3. The number of rotatable bonds is 5. The van der Waals surface area contributed by atoms with Gasteiger partial charge in [0.05, 0.1) is 10.3 Å². The van der Waals surface area contributed by atoms with Gasteiger partial charge in [0.15, 0.2) is 0 Å². The molecule has 1 saturated heterocycles. The average Bonchev–Trinajstić information content (AvgIpc) is 2.64. The van der Waals surface area contributed by atoms with Crippen LogP contribution in [0.15, 0.2) is 72.1 Å². The van der Waals surface area contributed by atoms with E-state index in [1.165, 1.54) is 0 Å². The molecule has 0 aliphatic carbocycles. The fraction of sp³-hybridized carbons (Fsp3) is 0.286. The first-order chi connectivity index (χ1) is 12.4. The summed E-state index contributed by atoms with van der Waals surface area (Å²) in [5.74, 6) is -0.365. The Hall–Kier alpha value is -2.40. The van der Waals surface area contributed by atoms with Crippen molar-refractivity contribution < 1.29 is 13.2 Å². The van der Waals surface area contributed by atoms with Crippen LogP contribution in [-0.2, 0) is 20.2 Å². The summed E-state index contributed by atoms with van der Waals surface area (Å²) in [4.78, 5) is 13.6. The third-order valence-electron chi connectivity index (χ3n) is 5.03. The van der Waals surface area contributed by atoms with E-state index in [2.05, 4.69) is 6.58 Å². The highest BCUT2D eigenvalue weighted by molar-refractivity contribution is 7.89. The molecule has 1 aliphatic heterocycles. The first-order valence-corrected chi connectivity index (χ1v) is 10.2. The van der Waals surface area contributed by atoms with Gasteiger partial charge in [-0.2, -0.15) is 0 Å². The summed E-state index contributed by atoms with van der Waals surface area (Å²) >= 11 is 0. The Morgan fingerprint density at radius 3 is 2.38 bits per heavy atom. The van der Waals surface area contributed by atoms with Gasteiger partial charge in [-0.1, -0.05) is 54.1 Å². The molecule has 1 atom stereocenters. The molecule has 0 radical (unpaired) electrons. The summed E-state index contributed by atoms with van der Waals surface area (Å²) in [5, 5.41) is 0. The maximum Gasteiger partial charge on any atom is 0.266 e. The molecule has 5 heteroatoms. The van der Waals surface area contributed by atoms with Crippen molar-refractivity contribution in [2.24, 2.45) is 0 Å². The molecule has 3 rings (SSSR count). The molecule has 0 aromatic heterocycles. The smallest absolute Gasteiger partial charge is 0.266 e. The quantitative estimate of drug-likeness (QED) is 0.753. The van der Waals surface area contributed by atoms with Crippen molar-refractivity contribution in [3.63, 3.8) is 0 Å². The molecule has 0 N–H and O–H groups in total. The molecule has 0 bridgehead atoms. The van der Waals surface area contributed by atoms with E-state index in [9.17, 15) is 13.2 Å². The van der Waals surface area contributed by atoms with Gasteiger partial charge in [-0.25, -0.2) is 12.7 Å². The largest absolute Gasteiger partial charge is 0.273 e. The second-order valence-corrected chi connectivity index (χ2v) is 8.60. The molecule has 2 aromatic rings. The highest BCUT2D eigenvalue weighted by atomic mass is 32.2. The summed E-state index contributed by atoms with van der Waals surface area (Å²) < 4.78 is 27.3. The Bertz CT molecular complexity index is 904. The SMILES string of the molecule is C=CCC1(c2ccccc2)CCCN(S(=O)(=O)c2ccc(C)cc2)C1=O. The van der Waals surface area contributed by atoms with Crippen LogP contribution < -0.4 is 0 Å². The zero-order chi connectivity index (χ0) is 18.8. The Morgan fingerprint density at radius 1 is 1.12 bits per heavy atom. The lowest BCUT2D eigenvalue weighted by atomic mass is 9.71. The summed E-state index contributed by atoms with van der Waals surface area (Å²) in [7, 11) is -3.88. The highest BCUT2D eigenvalue weighted by Crippen LogP contribution is 2.40. The molecular formula is C21H23NO3S. The summed E-state index contributed by atoms with van der Waals surface area (Å²) in [5.41, 5.74) is 0.937. The van der Waals surface area contributed by atoms with Gasteiger partial charge in [-0.3, -0.25) is 4.79 Å². The van der Waals surface area contributed by atoms with E-state index < -0.39 is 15.4 Å². The Balaban J connectivity index is 2.06. The number of piperidine rings is 1. The Morgan fingerprint density at radius 2 is 1.77 bits per heavy atom. The number of allylic oxidation sites excluding steroid dienone is 1. The van der Waals surface area contributed by atoms with E-state index in [1.54, 1.807) is 30.3 Å². The van der Waals surface area contributed by atoms with Crippen LogP contribution in [0.3, 0.4) is 0 Å². The van der Waals surface area contributed by atoms with E-state index in [1.807, 2.05) is 37.3 Å². The molecule has 136 valence electrons. The van der Waals surface area contributed by atoms with Crippen molar-refractivity contribution in [1.29, 1.82) is 0 Å². The zero-order valence-corrected chi connectivity index (χ0v) is 15.7. The van der Waals surface area contributed by atoms with Crippen molar-refractivity contribution in [3.8, 4) is 0 Å². The predicted octanol–water partition coefficient (Wildman–Crippen LogP) is 3.82. The number of carbonyl (C=O) groups is 1. The van der Waals surface area contributed by atoms with E-state index >= 15 is 0 Å². The van der Waals surface area contributed by atoms with Gasteiger partial charge in [0.25, 0.3) is 10.0 Å². The fourth-order valence-corrected chi connectivity index (χ4v) is 5.11. The lowest BCUT2D eigenvalue weighted by Gasteiger charge is -2.41. The van der Waals surface area contributed by atoms with Crippen molar-refractivity contribution in [3.05, 3.63) is 78.4 Å². The zero-order valence-electron chi connectivity index (χ0n) is 14.9. The topological polar surface area (TPSA) is 54.5 Å². The molecule has 4 nitrogen and oxygen atoms in total. The van der Waals surface area contributed by atoms with Gasteiger partial charge in [-0.05, 0) is 43.9 Å². The minimum Gasteiger partial charge on any atom is -0.273 e. The fourth-order valence-electron chi connectivity index (χ4n) is 3.62. The molecule has 1 aliphatic rings. The minimum atomic E-state index is -3.88.